The molecule has 0 aliphatic carbocycles. The molecule has 0 atom stereocenters. The summed E-state index contributed by atoms with van der Waals surface area (Å²) in [5.74, 6) is -1.71. The number of nitrogens with zero attached hydrogens (tertiary/aromatic N) is 1. The van der Waals surface area contributed by atoms with Crippen LogP contribution in [0.15, 0.2) is 30.5 Å². The third-order valence-corrected chi connectivity index (χ3v) is 2.97. The number of hydrogen-bond acceptors (Lipinski definition) is 5. The second-order valence-electron chi connectivity index (χ2n) is 4.44. The van der Waals surface area contributed by atoms with Gasteiger partial charge in [0.05, 0.1) is 31.7 Å². The van der Waals surface area contributed by atoms with Gasteiger partial charge in [0.15, 0.2) is 0 Å². The zero-order valence-corrected chi connectivity index (χ0v) is 12.4. The SMILES string of the molecule is COc1ccc(F)cc1C(=O)Nc1cnc(OC)c(C(N)=O)c1. The summed E-state index contributed by atoms with van der Waals surface area (Å²) in [5, 5.41) is 2.50. The summed E-state index contributed by atoms with van der Waals surface area (Å²) >= 11 is 0. The highest BCUT2D eigenvalue weighted by atomic mass is 19.1. The Hall–Kier alpha value is -3.16. The number of nitrogens with one attached hydrogen (secondary N) is 1. The molecule has 8 heteroatoms. The number of amides is 2. The summed E-state index contributed by atoms with van der Waals surface area (Å²) in [6.07, 6.45) is 1.29. The van der Waals surface area contributed by atoms with Crippen molar-refractivity contribution in [1.29, 1.82) is 0 Å². The number of primary amides is 1. The average Bonchev–Trinajstić information content (AvgIpc) is 2.54. The van der Waals surface area contributed by atoms with Crippen molar-refractivity contribution in [2.45, 2.75) is 0 Å². The van der Waals surface area contributed by atoms with E-state index in [4.69, 9.17) is 15.2 Å². The van der Waals surface area contributed by atoms with E-state index in [1.54, 1.807) is 0 Å². The summed E-state index contributed by atoms with van der Waals surface area (Å²) in [6, 6.07) is 4.87. The van der Waals surface area contributed by atoms with Crippen LogP contribution in [0.4, 0.5) is 10.1 Å². The Bertz CT molecular complexity index is 764. The molecule has 1 aromatic heterocycles. The molecule has 1 aromatic carbocycles. The summed E-state index contributed by atoms with van der Waals surface area (Å²) in [4.78, 5) is 27.5. The van der Waals surface area contributed by atoms with Crippen LogP contribution in [-0.2, 0) is 0 Å². The number of aromatic nitrogens is 1. The number of carbonyl (C=O) groups is 2. The van der Waals surface area contributed by atoms with E-state index < -0.39 is 17.6 Å². The van der Waals surface area contributed by atoms with Crippen LogP contribution in [0, 0.1) is 5.82 Å². The molecule has 1 heterocycles. The first-order valence-electron chi connectivity index (χ1n) is 6.45. The molecule has 2 rings (SSSR count). The van der Waals surface area contributed by atoms with Crippen LogP contribution in [0.2, 0.25) is 0 Å². The number of pyridine rings is 1. The number of ether oxygens (including phenoxy) is 2. The van der Waals surface area contributed by atoms with Crippen molar-refractivity contribution >= 4 is 17.5 Å². The van der Waals surface area contributed by atoms with Crippen molar-refractivity contribution < 1.29 is 23.5 Å². The number of halogens is 1. The van der Waals surface area contributed by atoms with Crippen LogP contribution in [0.5, 0.6) is 11.6 Å². The smallest absolute Gasteiger partial charge is 0.259 e. The molecule has 0 unspecified atom stereocenters. The van der Waals surface area contributed by atoms with Gasteiger partial charge in [-0.15, -0.1) is 0 Å². The Kier molecular flexibility index (Phi) is 4.75. The molecule has 0 aliphatic rings. The van der Waals surface area contributed by atoms with E-state index in [9.17, 15) is 14.0 Å². The molecular weight excluding hydrogens is 305 g/mol. The molecule has 0 spiro atoms. The first-order valence-corrected chi connectivity index (χ1v) is 6.45. The molecule has 3 N–H and O–H groups in total. The molecule has 0 saturated heterocycles. The van der Waals surface area contributed by atoms with E-state index in [1.165, 1.54) is 38.6 Å². The van der Waals surface area contributed by atoms with Crippen molar-refractivity contribution in [1.82, 2.24) is 4.98 Å². The molecule has 23 heavy (non-hydrogen) atoms. The second kappa shape index (κ2) is 6.73. The maximum Gasteiger partial charge on any atom is 0.259 e. The van der Waals surface area contributed by atoms with Gasteiger partial charge in [0.1, 0.15) is 17.1 Å². The van der Waals surface area contributed by atoms with Crippen molar-refractivity contribution in [3.05, 3.63) is 47.4 Å². The predicted molar refractivity (Wildman–Crippen MR) is 80.2 cm³/mol. The first kappa shape index (κ1) is 16.2. The van der Waals surface area contributed by atoms with Crippen LogP contribution >= 0.6 is 0 Å². The van der Waals surface area contributed by atoms with Gasteiger partial charge in [-0.25, -0.2) is 9.37 Å². The fourth-order valence-electron chi connectivity index (χ4n) is 1.92. The van der Waals surface area contributed by atoms with E-state index in [1.807, 2.05) is 0 Å². The van der Waals surface area contributed by atoms with Gasteiger partial charge in [-0.2, -0.15) is 0 Å². The molecule has 0 aliphatic heterocycles. The van der Waals surface area contributed by atoms with Gasteiger partial charge in [0.25, 0.3) is 11.8 Å². The number of nitrogens with two attached hydrogens (primary N) is 1. The zero-order chi connectivity index (χ0) is 17.0. The van der Waals surface area contributed by atoms with E-state index in [0.717, 1.165) is 6.07 Å². The zero-order valence-electron chi connectivity index (χ0n) is 12.4. The monoisotopic (exact) mass is 319 g/mol. The highest BCUT2D eigenvalue weighted by Gasteiger charge is 2.16. The lowest BCUT2D eigenvalue weighted by atomic mass is 10.1. The number of methoxy groups -OCH3 is 2. The molecule has 0 bridgehead atoms. The van der Waals surface area contributed by atoms with E-state index in [0.29, 0.717) is 0 Å². The minimum absolute atomic E-state index is 0.00365. The maximum absolute atomic E-state index is 13.3. The Morgan fingerprint density at radius 2 is 1.91 bits per heavy atom. The summed E-state index contributed by atoms with van der Waals surface area (Å²) in [6.45, 7) is 0. The van der Waals surface area contributed by atoms with Crippen LogP contribution < -0.4 is 20.5 Å². The normalized spacial score (nSPS) is 10.0. The van der Waals surface area contributed by atoms with Crippen LogP contribution in [0.3, 0.4) is 0 Å². The Morgan fingerprint density at radius 3 is 2.52 bits per heavy atom. The average molecular weight is 319 g/mol. The molecule has 2 amide bonds. The lowest BCUT2D eigenvalue weighted by Gasteiger charge is -2.11. The highest BCUT2D eigenvalue weighted by Crippen LogP contribution is 2.23. The fraction of sp³-hybridized carbons (Fsp3) is 0.133. The van der Waals surface area contributed by atoms with E-state index in [-0.39, 0.29) is 28.4 Å². The molecule has 7 nitrogen and oxygen atoms in total. The second-order valence-corrected chi connectivity index (χ2v) is 4.44. The molecular formula is C15H14FN3O4. The van der Waals surface area contributed by atoms with Gasteiger partial charge >= 0.3 is 0 Å². The molecule has 0 fully saturated rings. The van der Waals surface area contributed by atoms with Gasteiger partial charge in [-0.05, 0) is 24.3 Å². The number of rotatable bonds is 5. The van der Waals surface area contributed by atoms with Gasteiger partial charge < -0.3 is 20.5 Å². The number of carbonyl (C=O) groups excluding carboxylic acids is 2. The standard InChI is InChI=1S/C15H14FN3O4/c1-22-12-4-3-8(16)5-10(12)14(21)19-9-6-11(13(17)20)15(23-2)18-7-9/h3-7H,1-2H3,(H2,17,20)(H,19,21). The van der Waals surface area contributed by atoms with Gasteiger partial charge in [-0.1, -0.05) is 0 Å². The Balaban J connectivity index is 2.32. The third kappa shape index (κ3) is 3.54. The molecule has 2 aromatic rings. The molecule has 0 saturated carbocycles. The third-order valence-electron chi connectivity index (χ3n) is 2.97. The summed E-state index contributed by atoms with van der Waals surface area (Å²) in [7, 11) is 2.70. The van der Waals surface area contributed by atoms with Crippen molar-refractivity contribution in [3.63, 3.8) is 0 Å². The summed E-state index contributed by atoms with van der Waals surface area (Å²) in [5.41, 5.74) is 5.44. The molecule has 0 radical (unpaired) electrons. The van der Waals surface area contributed by atoms with Gasteiger partial charge in [-0.3, -0.25) is 9.59 Å². The van der Waals surface area contributed by atoms with E-state index >= 15 is 0 Å². The largest absolute Gasteiger partial charge is 0.496 e. The minimum atomic E-state index is -0.756. The van der Waals surface area contributed by atoms with Crippen LogP contribution in [0.1, 0.15) is 20.7 Å². The highest BCUT2D eigenvalue weighted by molar-refractivity contribution is 6.06. The maximum atomic E-state index is 13.3. The van der Waals surface area contributed by atoms with Crippen molar-refractivity contribution in [2.75, 3.05) is 19.5 Å². The number of benzene rings is 1. The quantitative estimate of drug-likeness (QED) is 0.871. The van der Waals surface area contributed by atoms with Crippen molar-refractivity contribution in [3.8, 4) is 11.6 Å². The first-order chi connectivity index (χ1) is 11.0. The number of hydrogen-bond donors (Lipinski definition) is 2. The van der Waals surface area contributed by atoms with Crippen LogP contribution in [0.25, 0.3) is 0 Å². The van der Waals surface area contributed by atoms with Crippen LogP contribution in [-0.4, -0.2) is 31.0 Å². The number of anilines is 1. The van der Waals surface area contributed by atoms with Gasteiger partial charge in [0.2, 0.25) is 5.88 Å². The topological polar surface area (TPSA) is 104 Å². The van der Waals surface area contributed by atoms with Gasteiger partial charge in [0, 0.05) is 0 Å². The summed E-state index contributed by atoms with van der Waals surface area (Å²) < 4.78 is 23.3. The van der Waals surface area contributed by atoms with Crippen molar-refractivity contribution in [2.24, 2.45) is 5.73 Å². The Labute approximate surface area is 131 Å². The molecule has 120 valence electrons. The predicted octanol–water partition coefficient (Wildman–Crippen LogP) is 1.59. The van der Waals surface area contributed by atoms with E-state index in [2.05, 4.69) is 10.3 Å². The Morgan fingerprint density at radius 1 is 1.17 bits per heavy atom. The minimum Gasteiger partial charge on any atom is -0.496 e. The lowest BCUT2D eigenvalue weighted by molar-refractivity contribution is 0.0992. The lowest BCUT2D eigenvalue weighted by Crippen LogP contribution is -2.17. The fourth-order valence-corrected chi connectivity index (χ4v) is 1.92.